The Labute approximate surface area is 136 Å². The van der Waals surface area contributed by atoms with Gasteiger partial charge in [0.2, 0.25) is 0 Å². The minimum atomic E-state index is -0.132. The lowest BCUT2D eigenvalue weighted by Crippen LogP contribution is -2.04. The van der Waals surface area contributed by atoms with Gasteiger partial charge in [0, 0.05) is 12.0 Å². The fourth-order valence-electron chi connectivity index (χ4n) is 1.68. The van der Waals surface area contributed by atoms with Crippen molar-refractivity contribution in [2.45, 2.75) is 6.42 Å². The number of anilines is 1. The minimum absolute atomic E-state index is 0.132. The first-order chi connectivity index (χ1) is 9.38. The summed E-state index contributed by atoms with van der Waals surface area (Å²) < 4.78 is 0. The second-order valence-electron chi connectivity index (χ2n) is 4.20. The number of carbonyl (C=O) groups excluding carboxylic acids is 1. The van der Waals surface area contributed by atoms with Gasteiger partial charge in [0.25, 0.3) is 0 Å². The van der Waals surface area contributed by atoms with E-state index in [1.807, 2.05) is 0 Å². The SMILES string of the molecule is Nc1c(Cl)cc(C(=O)Cc2ccc(Cl)c(Cl)c2)cc1Cl. The molecule has 0 spiro atoms. The Morgan fingerprint density at radius 2 is 1.50 bits per heavy atom. The van der Waals surface area contributed by atoms with Crippen molar-refractivity contribution in [2.75, 3.05) is 5.73 Å². The van der Waals surface area contributed by atoms with E-state index in [2.05, 4.69) is 0 Å². The van der Waals surface area contributed by atoms with Gasteiger partial charge in [0.05, 0.1) is 25.8 Å². The number of nitrogen functional groups attached to an aromatic ring is 1. The quantitative estimate of drug-likeness (QED) is 0.603. The highest BCUT2D eigenvalue weighted by atomic mass is 35.5. The summed E-state index contributed by atoms with van der Waals surface area (Å²) in [4.78, 5) is 12.2. The van der Waals surface area contributed by atoms with E-state index in [1.165, 1.54) is 12.1 Å². The third-order valence-corrected chi connectivity index (χ3v) is 4.11. The van der Waals surface area contributed by atoms with E-state index in [4.69, 9.17) is 52.1 Å². The van der Waals surface area contributed by atoms with Crippen LogP contribution in [-0.4, -0.2) is 5.78 Å². The zero-order chi connectivity index (χ0) is 14.9. The maximum absolute atomic E-state index is 12.2. The number of nitrogens with two attached hydrogens (primary N) is 1. The normalized spacial score (nSPS) is 10.6. The van der Waals surface area contributed by atoms with E-state index in [-0.39, 0.29) is 27.9 Å². The van der Waals surface area contributed by atoms with Crippen LogP contribution in [0, 0.1) is 0 Å². The molecule has 0 heterocycles. The minimum Gasteiger partial charge on any atom is -0.396 e. The van der Waals surface area contributed by atoms with Gasteiger partial charge in [-0.3, -0.25) is 4.79 Å². The number of rotatable bonds is 3. The van der Waals surface area contributed by atoms with Crippen molar-refractivity contribution in [3.05, 3.63) is 61.5 Å². The number of hydrogen-bond acceptors (Lipinski definition) is 2. The van der Waals surface area contributed by atoms with Crippen LogP contribution >= 0.6 is 46.4 Å². The Morgan fingerprint density at radius 3 is 2.05 bits per heavy atom. The largest absolute Gasteiger partial charge is 0.396 e. The van der Waals surface area contributed by atoms with Crippen LogP contribution in [-0.2, 0) is 6.42 Å². The molecule has 0 saturated heterocycles. The molecule has 0 aliphatic carbocycles. The lowest BCUT2D eigenvalue weighted by atomic mass is 10.0. The highest BCUT2D eigenvalue weighted by Gasteiger charge is 2.12. The Morgan fingerprint density at radius 1 is 0.900 bits per heavy atom. The van der Waals surface area contributed by atoms with Crippen molar-refractivity contribution in [3.8, 4) is 0 Å². The highest BCUT2D eigenvalue weighted by molar-refractivity contribution is 6.42. The van der Waals surface area contributed by atoms with Gasteiger partial charge < -0.3 is 5.73 Å². The average molecular weight is 349 g/mol. The molecule has 0 atom stereocenters. The van der Waals surface area contributed by atoms with E-state index in [9.17, 15) is 4.79 Å². The summed E-state index contributed by atoms with van der Waals surface area (Å²) >= 11 is 23.6. The molecule has 2 rings (SSSR count). The molecule has 2 nitrogen and oxygen atoms in total. The molecule has 2 aromatic rings. The Balaban J connectivity index is 2.26. The molecule has 104 valence electrons. The third-order valence-electron chi connectivity index (χ3n) is 2.75. The van der Waals surface area contributed by atoms with Crippen LogP contribution in [0.25, 0.3) is 0 Å². The molecule has 6 heteroatoms. The summed E-state index contributed by atoms with van der Waals surface area (Å²) in [6.07, 6.45) is 0.174. The molecule has 2 N–H and O–H groups in total. The summed E-state index contributed by atoms with van der Waals surface area (Å²) in [6.45, 7) is 0. The molecule has 0 aliphatic rings. The van der Waals surface area contributed by atoms with Gasteiger partial charge in [-0.25, -0.2) is 0 Å². The molecule has 0 saturated carbocycles. The van der Waals surface area contributed by atoms with E-state index >= 15 is 0 Å². The van der Waals surface area contributed by atoms with Crippen molar-refractivity contribution >= 4 is 57.9 Å². The van der Waals surface area contributed by atoms with Crippen molar-refractivity contribution in [1.82, 2.24) is 0 Å². The molecule has 0 aromatic heterocycles. The molecule has 0 fully saturated rings. The van der Waals surface area contributed by atoms with Gasteiger partial charge in [-0.1, -0.05) is 52.5 Å². The number of ketones is 1. The number of hydrogen-bond donors (Lipinski definition) is 1. The molecule has 20 heavy (non-hydrogen) atoms. The van der Waals surface area contributed by atoms with Crippen LogP contribution in [0.2, 0.25) is 20.1 Å². The Kier molecular flexibility index (Phi) is 4.82. The van der Waals surface area contributed by atoms with E-state index in [0.29, 0.717) is 15.6 Å². The van der Waals surface area contributed by atoms with Gasteiger partial charge in [0.15, 0.2) is 5.78 Å². The van der Waals surface area contributed by atoms with Gasteiger partial charge in [-0.2, -0.15) is 0 Å². The monoisotopic (exact) mass is 347 g/mol. The summed E-state index contributed by atoms with van der Waals surface area (Å²) in [5, 5.41) is 1.37. The van der Waals surface area contributed by atoms with Crippen molar-refractivity contribution in [3.63, 3.8) is 0 Å². The van der Waals surface area contributed by atoms with E-state index in [0.717, 1.165) is 5.56 Å². The van der Waals surface area contributed by atoms with Crippen molar-refractivity contribution in [2.24, 2.45) is 0 Å². The molecule has 0 amide bonds. The summed E-state index contributed by atoms with van der Waals surface area (Å²) in [5.74, 6) is -0.132. The number of halogens is 4. The van der Waals surface area contributed by atoms with E-state index in [1.54, 1.807) is 18.2 Å². The first-order valence-corrected chi connectivity index (χ1v) is 7.11. The summed E-state index contributed by atoms with van der Waals surface area (Å²) in [6, 6.07) is 8.05. The van der Waals surface area contributed by atoms with Gasteiger partial charge in [-0.15, -0.1) is 0 Å². The molecule has 0 unspecified atom stereocenters. The third kappa shape index (κ3) is 3.39. The van der Waals surface area contributed by atoms with Gasteiger partial charge in [-0.05, 0) is 29.8 Å². The maximum Gasteiger partial charge on any atom is 0.167 e. The Hall–Kier alpha value is -0.930. The fraction of sp³-hybridized carbons (Fsp3) is 0.0714. The van der Waals surface area contributed by atoms with Crippen LogP contribution in [0.4, 0.5) is 5.69 Å². The number of benzene rings is 2. The van der Waals surface area contributed by atoms with Crippen molar-refractivity contribution in [1.29, 1.82) is 0 Å². The predicted octanol–water partition coefficient (Wildman–Crippen LogP) is 5.31. The molecule has 0 bridgehead atoms. The van der Waals surface area contributed by atoms with Crippen molar-refractivity contribution < 1.29 is 4.79 Å². The first-order valence-electron chi connectivity index (χ1n) is 5.60. The lowest BCUT2D eigenvalue weighted by molar-refractivity contribution is 0.0993. The fourth-order valence-corrected chi connectivity index (χ4v) is 2.49. The second kappa shape index (κ2) is 6.23. The lowest BCUT2D eigenvalue weighted by Gasteiger charge is -2.07. The zero-order valence-electron chi connectivity index (χ0n) is 10.1. The first kappa shape index (κ1) is 15.5. The number of carbonyl (C=O) groups is 1. The average Bonchev–Trinajstić information content (AvgIpc) is 2.39. The number of Topliss-reactive ketones (excluding diaryl/α,β-unsaturated/α-hetero) is 1. The molecular weight excluding hydrogens is 340 g/mol. The van der Waals surface area contributed by atoms with E-state index < -0.39 is 0 Å². The Bertz CT molecular complexity index is 662. The topological polar surface area (TPSA) is 43.1 Å². The predicted molar refractivity (Wildman–Crippen MR) is 85.4 cm³/mol. The molecule has 2 aromatic carbocycles. The van der Waals surface area contributed by atoms with Crippen LogP contribution in [0.3, 0.4) is 0 Å². The molecule has 0 aliphatic heterocycles. The second-order valence-corrected chi connectivity index (χ2v) is 5.83. The van der Waals surface area contributed by atoms with Crippen LogP contribution in [0.5, 0.6) is 0 Å². The van der Waals surface area contributed by atoms with Gasteiger partial charge in [0.1, 0.15) is 0 Å². The van der Waals surface area contributed by atoms with Crippen LogP contribution < -0.4 is 5.73 Å². The zero-order valence-corrected chi connectivity index (χ0v) is 13.1. The maximum atomic E-state index is 12.2. The summed E-state index contributed by atoms with van der Waals surface area (Å²) in [7, 11) is 0. The molecule has 0 radical (unpaired) electrons. The molecular formula is C14H9Cl4NO. The van der Waals surface area contributed by atoms with Gasteiger partial charge >= 0.3 is 0 Å². The summed E-state index contributed by atoms with van der Waals surface area (Å²) in [5.41, 5.74) is 7.06. The van der Waals surface area contributed by atoms with Crippen LogP contribution in [0.15, 0.2) is 30.3 Å². The highest BCUT2D eigenvalue weighted by Crippen LogP contribution is 2.29. The van der Waals surface area contributed by atoms with Crippen LogP contribution in [0.1, 0.15) is 15.9 Å². The smallest absolute Gasteiger partial charge is 0.167 e. The standard InChI is InChI=1S/C14H9Cl4NO/c15-9-2-1-7(3-10(9)16)4-13(20)8-5-11(17)14(19)12(18)6-8/h1-3,5-6H,4,19H2.